The van der Waals surface area contributed by atoms with Crippen LogP contribution in [0.3, 0.4) is 0 Å². The van der Waals surface area contributed by atoms with Gasteiger partial charge in [-0.25, -0.2) is 4.79 Å². The minimum absolute atomic E-state index is 0.0651. The lowest BCUT2D eigenvalue weighted by Gasteiger charge is -2.35. The normalized spacial score (nSPS) is 21.2. The van der Waals surface area contributed by atoms with Crippen molar-refractivity contribution >= 4 is 23.5 Å². The number of hydrogen-bond donors (Lipinski definition) is 0. The maximum atomic E-state index is 12.1. The minimum Gasteiger partial charge on any atom is -0.467 e. The lowest BCUT2D eigenvalue weighted by atomic mass is 9.94. The summed E-state index contributed by atoms with van der Waals surface area (Å²) in [5.74, 6) is -0.276. The molecule has 0 spiro atoms. The standard InChI is InChI=1S/C11H18ClNO4/c1-11(2,7-12)10(15)13-4-5-17-8(6-13)9(14)16-3/h8H,4-7H2,1-3H3. The number of ether oxygens (including phenoxy) is 2. The molecule has 1 saturated heterocycles. The Labute approximate surface area is 106 Å². The van der Waals surface area contributed by atoms with E-state index in [1.165, 1.54) is 7.11 Å². The Kier molecular flexibility index (Phi) is 4.77. The van der Waals surface area contributed by atoms with E-state index in [1.807, 2.05) is 0 Å². The molecule has 17 heavy (non-hydrogen) atoms. The third-order valence-corrected chi connectivity index (χ3v) is 3.40. The average molecular weight is 264 g/mol. The van der Waals surface area contributed by atoms with Crippen molar-refractivity contribution in [2.45, 2.75) is 20.0 Å². The molecule has 98 valence electrons. The number of methoxy groups -OCH3 is 1. The molecule has 0 bridgehead atoms. The number of rotatable bonds is 3. The average Bonchev–Trinajstić information content (AvgIpc) is 2.36. The number of alkyl halides is 1. The molecule has 0 N–H and O–H groups in total. The number of halogens is 1. The van der Waals surface area contributed by atoms with E-state index in [4.69, 9.17) is 16.3 Å². The van der Waals surface area contributed by atoms with Gasteiger partial charge in [-0.15, -0.1) is 11.6 Å². The van der Waals surface area contributed by atoms with Crippen molar-refractivity contribution in [1.82, 2.24) is 4.90 Å². The van der Waals surface area contributed by atoms with E-state index in [0.29, 0.717) is 13.2 Å². The van der Waals surface area contributed by atoms with Crippen LogP contribution in [0, 0.1) is 5.41 Å². The Morgan fingerprint density at radius 2 is 2.18 bits per heavy atom. The Morgan fingerprint density at radius 3 is 2.71 bits per heavy atom. The van der Waals surface area contributed by atoms with Crippen molar-refractivity contribution in [3.05, 3.63) is 0 Å². The van der Waals surface area contributed by atoms with E-state index in [0.717, 1.165) is 0 Å². The second kappa shape index (κ2) is 5.69. The van der Waals surface area contributed by atoms with Crippen molar-refractivity contribution in [3.63, 3.8) is 0 Å². The first kappa shape index (κ1) is 14.3. The van der Waals surface area contributed by atoms with Crippen LogP contribution in [0.15, 0.2) is 0 Å². The molecule has 0 aromatic rings. The number of esters is 1. The largest absolute Gasteiger partial charge is 0.467 e. The predicted molar refractivity (Wildman–Crippen MR) is 62.8 cm³/mol. The minimum atomic E-state index is -0.691. The Hall–Kier alpha value is -0.810. The SMILES string of the molecule is COC(=O)C1CN(C(=O)C(C)(C)CCl)CCO1. The molecule has 1 atom stereocenters. The van der Waals surface area contributed by atoms with Gasteiger partial charge in [-0.2, -0.15) is 0 Å². The predicted octanol–water partition coefficient (Wildman–Crippen LogP) is 0.652. The lowest BCUT2D eigenvalue weighted by molar-refractivity contribution is -0.164. The first-order chi connectivity index (χ1) is 7.92. The Bertz CT molecular complexity index is 306. The third kappa shape index (κ3) is 3.33. The highest BCUT2D eigenvalue weighted by molar-refractivity contribution is 6.19. The number of carbonyl (C=O) groups is 2. The zero-order chi connectivity index (χ0) is 13.1. The van der Waals surface area contributed by atoms with Crippen molar-refractivity contribution in [2.24, 2.45) is 5.41 Å². The fourth-order valence-electron chi connectivity index (χ4n) is 1.59. The van der Waals surface area contributed by atoms with E-state index < -0.39 is 17.5 Å². The quantitative estimate of drug-likeness (QED) is 0.554. The van der Waals surface area contributed by atoms with E-state index >= 15 is 0 Å². The first-order valence-electron chi connectivity index (χ1n) is 5.47. The van der Waals surface area contributed by atoms with Crippen molar-refractivity contribution in [1.29, 1.82) is 0 Å². The molecule has 6 heteroatoms. The number of carbonyl (C=O) groups excluding carboxylic acids is 2. The Morgan fingerprint density at radius 1 is 1.53 bits per heavy atom. The molecule has 1 aliphatic rings. The summed E-state index contributed by atoms with van der Waals surface area (Å²) in [5.41, 5.74) is -0.625. The van der Waals surface area contributed by atoms with Gasteiger partial charge in [0.05, 0.1) is 25.7 Å². The van der Waals surface area contributed by atoms with Crippen LogP contribution in [0.4, 0.5) is 0 Å². The molecule has 0 aromatic carbocycles. The number of amides is 1. The van der Waals surface area contributed by atoms with Crippen LogP contribution >= 0.6 is 11.6 Å². The number of morpholine rings is 1. The molecule has 1 heterocycles. The molecule has 1 amide bonds. The first-order valence-corrected chi connectivity index (χ1v) is 6.00. The summed E-state index contributed by atoms with van der Waals surface area (Å²) in [6.07, 6.45) is -0.691. The maximum Gasteiger partial charge on any atom is 0.336 e. The molecular formula is C11H18ClNO4. The summed E-state index contributed by atoms with van der Waals surface area (Å²) in [4.78, 5) is 25.1. The summed E-state index contributed by atoms with van der Waals surface area (Å²) in [7, 11) is 1.30. The topological polar surface area (TPSA) is 55.8 Å². The van der Waals surface area contributed by atoms with E-state index in [-0.39, 0.29) is 18.3 Å². The van der Waals surface area contributed by atoms with Gasteiger partial charge in [0.2, 0.25) is 5.91 Å². The molecule has 0 aliphatic carbocycles. The van der Waals surface area contributed by atoms with Gasteiger partial charge >= 0.3 is 5.97 Å². The van der Waals surface area contributed by atoms with Gasteiger partial charge in [0.15, 0.2) is 6.10 Å². The summed E-state index contributed by atoms with van der Waals surface area (Å²) >= 11 is 5.76. The van der Waals surface area contributed by atoms with Crippen LogP contribution in [-0.4, -0.2) is 55.6 Å². The molecule has 1 fully saturated rings. The summed E-state index contributed by atoms with van der Waals surface area (Å²) in [5, 5.41) is 0. The zero-order valence-corrected chi connectivity index (χ0v) is 11.1. The lowest BCUT2D eigenvalue weighted by Crippen LogP contribution is -2.52. The van der Waals surface area contributed by atoms with Gasteiger partial charge in [-0.05, 0) is 13.8 Å². The fourth-order valence-corrected chi connectivity index (χ4v) is 1.71. The highest BCUT2D eigenvalue weighted by Gasteiger charge is 2.36. The monoisotopic (exact) mass is 263 g/mol. The summed E-state index contributed by atoms with van der Waals surface area (Å²) < 4.78 is 9.86. The Balaban J connectivity index is 2.67. The molecule has 1 unspecified atom stereocenters. The number of hydrogen-bond acceptors (Lipinski definition) is 4. The second-order valence-electron chi connectivity index (χ2n) is 4.65. The molecule has 5 nitrogen and oxygen atoms in total. The highest BCUT2D eigenvalue weighted by atomic mass is 35.5. The molecular weight excluding hydrogens is 246 g/mol. The smallest absolute Gasteiger partial charge is 0.336 e. The van der Waals surface area contributed by atoms with Crippen LogP contribution in [0.5, 0.6) is 0 Å². The third-order valence-electron chi connectivity index (χ3n) is 2.73. The van der Waals surface area contributed by atoms with Gasteiger partial charge in [0.25, 0.3) is 0 Å². The molecule has 0 radical (unpaired) electrons. The van der Waals surface area contributed by atoms with Gasteiger partial charge in [-0.1, -0.05) is 0 Å². The van der Waals surface area contributed by atoms with Gasteiger partial charge in [0, 0.05) is 12.4 Å². The van der Waals surface area contributed by atoms with Crippen LogP contribution in [0.2, 0.25) is 0 Å². The fraction of sp³-hybridized carbons (Fsp3) is 0.818. The van der Waals surface area contributed by atoms with E-state index in [9.17, 15) is 9.59 Å². The summed E-state index contributed by atoms with van der Waals surface area (Å²) in [6, 6.07) is 0. The molecule has 0 aromatic heterocycles. The zero-order valence-electron chi connectivity index (χ0n) is 10.4. The van der Waals surface area contributed by atoms with Crippen molar-refractivity contribution in [2.75, 3.05) is 32.7 Å². The van der Waals surface area contributed by atoms with Crippen LogP contribution in [0.1, 0.15) is 13.8 Å². The molecule has 0 saturated carbocycles. The van der Waals surface area contributed by atoms with Crippen LogP contribution in [0.25, 0.3) is 0 Å². The van der Waals surface area contributed by atoms with E-state index in [1.54, 1.807) is 18.7 Å². The van der Waals surface area contributed by atoms with Gasteiger partial charge in [0.1, 0.15) is 0 Å². The maximum absolute atomic E-state index is 12.1. The van der Waals surface area contributed by atoms with Gasteiger partial charge < -0.3 is 14.4 Å². The summed E-state index contributed by atoms with van der Waals surface area (Å²) in [6.45, 7) is 4.61. The highest BCUT2D eigenvalue weighted by Crippen LogP contribution is 2.22. The van der Waals surface area contributed by atoms with Crippen LogP contribution in [-0.2, 0) is 19.1 Å². The van der Waals surface area contributed by atoms with Crippen LogP contribution < -0.4 is 0 Å². The van der Waals surface area contributed by atoms with E-state index in [2.05, 4.69) is 4.74 Å². The van der Waals surface area contributed by atoms with Crippen molar-refractivity contribution < 1.29 is 19.1 Å². The molecule has 1 rings (SSSR count). The number of nitrogens with zero attached hydrogens (tertiary/aromatic N) is 1. The van der Waals surface area contributed by atoms with Crippen molar-refractivity contribution in [3.8, 4) is 0 Å². The molecule has 1 aliphatic heterocycles. The second-order valence-corrected chi connectivity index (χ2v) is 4.92. The van der Waals surface area contributed by atoms with Gasteiger partial charge in [-0.3, -0.25) is 4.79 Å².